The molecule has 2 aromatic carbocycles. The van der Waals surface area contributed by atoms with Crippen molar-refractivity contribution in [3.63, 3.8) is 0 Å². The highest BCUT2D eigenvalue weighted by Gasteiger charge is 2.11. The largest absolute Gasteiger partial charge is 0.332 e. The van der Waals surface area contributed by atoms with Gasteiger partial charge in [-0.25, -0.2) is 4.98 Å². The molecule has 0 aliphatic heterocycles. The van der Waals surface area contributed by atoms with E-state index in [1.165, 1.54) is 4.57 Å². The molecule has 0 spiro atoms. The number of amides is 2. The van der Waals surface area contributed by atoms with Gasteiger partial charge < -0.3 is 4.98 Å². The molecule has 0 saturated carbocycles. The second-order valence-electron chi connectivity index (χ2n) is 6.57. The number of rotatable bonds is 4. The molecule has 2 aromatic heterocycles. The molecule has 4 rings (SSSR count). The molecule has 0 aliphatic carbocycles. The van der Waals surface area contributed by atoms with E-state index in [2.05, 4.69) is 20.8 Å². The van der Waals surface area contributed by atoms with Crippen LogP contribution >= 0.6 is 12.2 Å². The van der Waals surface area contributed by atoms with Gasteiger partial charge in [0, 0.05) is 18.4 Å². The summed E-state index contributed by atoms with van der Waals surface area (Å²) in [4.78, 5) is 44.2. The summed E-state index contributed by atoms with van der Waals surface area (Å²) in [6.07, 6.45) is -0.0405. The number of pyridine rings is 1. The maximum absolute atomic E-state index is 12.6. The van der Waals surface area contributed by atoms with Crippen LogP contribution in [0.3, 0.4) is 0 Å². The highest BCUT2D eigenvalue weighted by atomic mass is 32.1. The van der Waals surface area contributed by atoms with Gasteiger partial charge in [0.2, 0.25) is 5.91 Å². The van der Waals surface area contributed by atoms with Gasteiger partial charge >= 0.3 is 0 Å². The second-order valence-corrected chi connectivity index (χ2v) is 6.96. The van der Waals surface area contributed by atoms with E-state index in [9.17, 15) is 14.4 Å². The molecule has 2 heterocycles. The van der Waals surface area contributed by atoms with Crippen LogP contribution in [-0.2, 0) is 11.3 Å². The van der Waals surface area contributed by atoms with Gasteiger partial charge in [-0.05, 0) is 36.5 Å². The maximum atomic E-state index is 12.6. The van der Waals surface area contributed by atoms with Crippen molar-refractivity contribution >= 4 is 45.8 Å². The summed E-state index contributed by atoms with van der Waals surface area (Å²) in [5, 5.41) is 1.40. The van der Waals surface area contributed by atoms with Gasteiger partial charge in [-0.2, -0.15) is 0 Å². The van der Waals surface area contributed by atoms with Crippen molar-refractivity contribution in [2.75, 3.05) is 0 Å². The molecule has 8 nitrogen and oxygen atoms in total. The van der Waals surface area contributed by atoms with Crippen molar-refractivity contribution in [3.05, 3.63) is 81.5 Å². The number of para-hydroxylation sites is 2. The van der Waals surface area contributed by atoms with Gasteiger partial charge in [-0.3, -0.25) is 29.8 Å². The van der Waals surface area contributed by atoms with Crippen LogP contribution in [0.2, 0.25) is 0 Å². The minimum atomic E-state index is -0.533. The van der Waals surface area contributed by atoms with E-state index in [0.29, 0.717) is 16.4 Å². The third-order valence-electron chi connectivity index (χ3n) is 4.60. The molecule has 30 heavy (non-hydrogen) atoms. The molecule has 9 heteroatoms. The number of nitrogens with zero attached hydrogens (tertiary/aromatic N) is 2. The van der Waals surface area contributed by atoms with Crippen LogP contribution < -0.4 is 16.4 Å². The molecule has 0 unspecified atom stereocenters. The molecule has 0 bridgehead atoms. The van der Waals surface area contributed by atoms with Gasteiger partial charge in [-0.15, -0.1) is 0 Å². The molecule has 3 N–H and O–H groups in total. The highest BCUT2D eigenvalue weighted by Crippen LogP contribution is 2.11. The lowest BCUT2D eigenvalue weighted by atomic mass is 10.2. The van der Waals surface area contributed by atoms with E-state index in [-0.39, 0.29) is 29.0 Å². The van der Waals surface area contributed by atoms with Gasteiger partial charge in [0.25, 0.3) is 11.5 Å². The molecule has 4 aromatic rings. The summed E-state index contributed by atoms with van der Waals surface area (Å²) < 4.78 is 1.56. The SMILES string of the molecule is O=C(CCn1c(=S)[nH]c2ccccc2c1=O)NNC(=O)c1ccc2ccccc2n1. The van der Waals surface area contributed by atoms with E-state index in [4.69, 9.17) is 12.2 Å². The van der Waals surface area contributed by atoms with Gasteiger partial charge in [-0.1, -0.05) is 36.4 Å². The Morgan fingerprint density at radius 3 is 2.63 bits per heavy atom. The highest BCUT2D eigenvalue weighted by molar-refractivity contribution is 7.71. The predicted octanol–water partition coefficient (Wildman–Crippen LogP) is 2.46. The second kappa shape index (κ2) is 8.26. The monoisotopic (exact) mass is 419 g/mol. The Kier molecular flexibility index (Phi) is 5.36. The average molecular weight is 419 g/mol. The van der Waals surface area contributed by atoms with E-state index in [1.54, 1.807) is 42.5 Å². The lowest BCUT2D eigenvalue weighted by Crippen LogP contribution is -2.42. The number of aromatic amines is 1. The first-order valence-electron chi connectivity index (χ1n) is 9.20. The molecule has 2 amide bonds. The quantitative estimate of drug-likeness (QED) is 0.348. The van der Waals surface area contributed by atoms with E-state index in [1.807, 2.05) is 18.2 Å². The summed E-state index contributed by atoms with van der Waals surface area (Å²) >= 11 is 5.23. The Labute approximate surface area is 175 Å². The van der Waals surface area contributed by atoms with Gasteiger partial charge in [0.05, 0.1) is 16.4 Å². The lowest BCUT2D eigenvalue weighted by Gasteiger charge is -2.10. The number of carbonyl (C=O) groups excluding carboxylic acids is 2. The van der Waals surface area contributed by atoms with Crippen LogP contribution in [-0.4, -0.2) is 26.3 Å². The minimum Gasteiger partial charge on any atom is -0.332 e. The summed E-state index contributed by atoms with van der Waals surface area (Å²) in [6.45, 7) is 0.0783. The number of H-pyrrole nitrogens is 1. The first-order valence-corrected chi connectivity index (χ1v) is 9.60. The fourth-order valence-electron chi connectivity index (χ4n) is 3.06. The Morgan fingerprint density at radius 2 is 1.77 bits per heavy atom. The zero-order chi connectivity index (χ0) is 21.1. The van der Waals surface area contributed by atoms with E-state index < -0.39 is 11.8 Å². The number of fused-ring (bicyclic) bond motifs is 2. The first kappa shape index (κ1) is 19.5. The number of hydrogen-bond acceptors (Lipinski definition) is 5. The Bertz CT molecular complexity index is 1390. The van der Waals surface area contributed by atoms with E-state index >= 15 is 0 Å². The smallest absolute Gasteiger partial charge is 0.288 e. The Morgan fingerprint density at radius 1 is 1.00 bits per heavy atom. The average Bonchev–Trinajstić information content (AvgIpc) is 2.77. The molecular weight excluding hydrogens is 402 g/mol. The maximum Gasteiger partial charge on any atom is 0.288 e. The number of benzene rings is 2. The van der Waals surface area contributed by atoms with Crippen molar-refractivity contribution in [1.29, 1.82) is 0 Å². The topological polar surface area (TPSA) is 109 Å². The van der Waals surface area contributed by atoms with Crippen molar-refractivity contribution in [2.24, 2.45) is 0 Å². The van der Waals surface area contributed by atoms with Gasteiger partial charge in [0.15, 0.2) is 4.77 Å². The molecule has 0 atom stereocenters. The number of nitrogens with one attached hydrogen (secondary N) is 3. The third kappa shape index (κ3) is 3.96. The molecule has 0 aliphatic rings. The zero-order valence-corrected chi connectivity index (χ0v) is 16.5. The van der Waals surface area contributed by atoms with Crippen molar-refractivity contribution < 1.29 is 9.59 Å². The molecule has 0 fully saturated rings. The van der Waals surface area contributed by atoms with Gasteiger partial charge in [0.1, 0.15) is 5.69 Å². The number of aromatic nitrogens is 3. The first-order chi connectivity index (χ1) is 14.5. The van der Waals surface area contributed by atoms with Crippen molar-refractivity contribution in [3.8, 4) is 0 Å². The normalized spacial score (nSPS) is 10.8. The van der Waals surface area contributed by atoms with Crippen LogP contribution in [0, 0.1) is 4.77 Å². The third-order valence-corrected chi connectivity index (χ3v) is 4.92. The van der Waals surface area contributed by atoms with E-state index in [0.717, 1.165) is 5.39 Å². The molecule has 150 valence electrons. The van der Waals surface area contributed by atoms with Crippen LogP contribution in [0.15, 0.2) is 65.5 Å². The fraction of sp³-hybridized carbons (Fsp3) is 0.0952. The standard InChI is InChI=1S/C21H17N5O3S/c27-18(11-12-26-20(29)14-6-2-4-8-16(14)23-21(26)30)24-25-19(28)17-10-9-13-5-1-3-7-15(13)22-17/h1-10H,11-12H2,(H,23,30)(H,24,27)(H,25,28). The zero-order valence-electron chi connectivity index (χ0n) is 15.7. The van der Waals surface area contributed by atoms with Crippen LogP contribution in [0.1, 0.15) is 16.9 Å². The minimum absolute atomic E-state index is 0.0405. The number of hydrazine groups is 1. The molecule has 0 saturated heterocycles. The van der Waals surface area contributed by atoms with Crippen LogP contribution in [0.4, 0.5) is 0 Å². The summed E-state index contributed by atoms with van der Waals surface area (Å²) in [7, 11) is 0. The molecule has 0 radical (unpaired) electrons. The Hall–Kier alpha value is -3.85. The van der Waals surface area contributed by atoms with Crippen molar-refractivity contribution in [2.45, 2.75) is 13.0 Å². The summed E-state index contributed by atoms with van der Waals surface area (Å²) in [5.41, 5.74) is 5.91. The Balaban J connectivity index is 1.39. The summed E-state index contributed by atoms with van der Waals surface area (Å²) in [5.74, 6) is -0.993. The number of hydrogen-bond donors (Lipinski definition) is 3. The van der Waals surface area contributed by atoms with Crippen molar-refractivity contribution in [1.82, 2.24) is 25.4 Å². The fourth-order valence-corrected chi connectivity index (χ4v) is 3.35. The lowest BCUT2D eigenvalue weighted by molar-refractivity contribution is -0.122. The summed E-state index contributed by atoms with van der Waals surface area (Å²) in [6, 6.07) is 17.8. The van der Waals surface area contributed by atoms with Crippen LogP contribution in [0.5, 0.6) is 0 Å². The molecular formula is C21H17N5O3S. The number of carbonyl (C=O) groups is 2. The predicted molar refractivity (Wildman–Crippen MR) is 115 cm³/mol. The van der Waals surface area contributed by atoms with Crippen LogP contribution in [0.25, 0.3) is 21.8 Å².